The summed E-state index contributed by atoms with van der Waals surface area (Å²) >= 11 is 0. The van der Waals surface area contributed by atoms with Crippen LogP contribution < -0.4 is 0 Å². The van der Waals surface area contributed by atoms with E-state index < -0.39 is 5.97 Å². The standard InChI is InChI=1S/C16H20N2O3/c1-9-13(16(19)20)12-5-4-8-17-15(12)18(9)10(2)14(21-3)11-6-7-11/h4-5,8,10-11,14H,6-7H2,1-3H3,(H,19,20). The fourth-order valence-corrected chi connectivity index (χ4v) is 3.38. The van der Waals surface area contributed by atoms with Gasteiger partial charge in [0.05, 0.1) is 17.7 Å². The van der Waals surface area contributed by atoms with E-state index in [1.165, 1.54) is 12.8 Å². The Morgan fingerprint density at radius 1 is 1.52 bits per heavy atom. The first-order valence-electron chi connectivity index (χ1n) is 7.27. The summed E-state index contributed by atoms with van der Waals surface area (Å²) in [5.41, 5.74) is 1.81. The van der Waals surface area contributed by atoms with Crippen molar-refractivity contribution < 1.29 is 14.6 Å². The summed E-state index contributed by atoms with van der Waals surface area (Å²) in [4.78, 5) is 16.0. The van der Waals surface area contributed by atoms with Gasteiger partial charge >= 0.3 is 5.97 Å². The number of hydrogen-bond acceptors (Lipinski definition) is 3. The molecule has 1 fully saturated rings. The van der Waals surface area contributed by atoms with Crippen LogP contribution in [0.25, 0.3) is 11.0 Å². The lowest BCUT2D eigenvalue weighted by atomic mass is 10.1. The van der Waals surface area contributed by atoms with E-state index in [4.69, 9.17) is 4.74 Å². The molecule has 5 heteroatoms. The number of hydrogen-bond donors (Lipinski definition) is 1. The van der Waals surface area contributed by atoms with Crippen molar-refractivity contribution in [3.63, 3.8) is 0 Å². The Hall–Kier alpha value is -1.88. The first kappa shape index (κ1) is 14.1. The molecule has 0 amide bonds. The van der Waals surface area contributed by atoms with E-state index in [9.17, 15) is 9.90 Å². The van der Waals surface area contributed by atoms with Crippen LogP contribution in [0.15, 0.2) is 18.3 Å². The molecule has 0 aromatic carbocycles. The Kier molecular flexibility index (Phi) is 3.45. The first-order valence-corrected chi connectivity index (χ1v) is 7.27. The molecule has 2 aromatic heterocycles. The Morgan fingerprint density at radius 2 is 2.24 bits per heavy atom. The van der Waals surface area contributed by atoms with Crippen molar-refractivity contribution in [2.24, 2.45) is 5.92 Å². The SMILES string of the molecule is COC(C1CC1)C(C)n1c(C)c(C(=O)O)c2cccnc21. The minimum atomic E-state index is -0.906. The normalized spacial score (nSPS) is 17.9. The molecular weight excluding hydrogens is 268 g/mol. The lowest BCUT2D eigenvalue weighted by Gasteiger charge is -2.25. The Labute approximate surface area is 123 Å². The summed E-state index contributed by atoms with van der Waals surface area (Å²) in [5.74, 6) is -0.337. The van der Waals surface area contributed by atoms with Crippen LogP contribution in [0.1, 0.15) is 41.9 Å². The van der Waals surface area contributed by atoms with Crippen LogP contribution in [0.5, 0.6) is 0 Å². The maximum atomic E-state index is 11.6. The molecule has 0 radical (unpaired) electrons. The number of pyridine rings is 1. The van der Waals surface area contributed by atoms with Crippen molar-refractivity contribution >= 4 is 17.0 Å². The quantitative estimate of drug-likeness (QED) is 0.918. The van der Waals surface area contributed by atoms with Gasteiger partial charge in [-0.1, -0.05) is 0 Å². The highest BCUT2D eigenvalue weighted by molar-refractivity contribution is 6.04. The largest absolute Gasteiger partial charge is 0.478 e. The zero-order valence-corrected chi connectivity index (χ0v) is 12.5. The van der Waals surface area contributed by atoms with Crippen LogP contribution in [0.3, 0.4) is 0 Å². The van der Waals surface area contributed by atoms with Crippen molar-refractivity contribution in [1.82, 2.24) is 9.55 Å². The fraction of sp³-hybridized carbons (Fsp3) is 0.500. The van der Waals surface area contributed by atoms with Gasteiger partial charge in [0.2, 0.25) is 0 Å². The molecule has 3 rings (SSSR count). The van der Waals surface area contributed by atoms with Crippen molar-refractivity contribution in [2.75, 3.05) is 7.11 Å². The van der Waals surface area contributed by atoms with Crippen LogP contribution in [0, 0.1) is 12.8 Å². The smallest absolute Gasteiger partial charge is 0.338 e. The molecule has 1 N–H and O–H groups in total. The predicted molar refractivity (Wildman–Crippen MR) is 79.7 cm³/mol. The van der Waals surface area contributed by atoms with Gasteiger partial charge in [0.15, 0.2) is 0 Å². The number of carboxylic acids is 1. The zero-order chi connectivity index (χ0) is 15.1. The third-order valence-corrected chi connectivity index (χ3v) is 4.46. The molecule has 2 atom stereocenters. The van der Waals surface area contributed by atoms with E-state index in [2.05, 4.69) is 11.9 Å². The molecule has 0 bridgehead atoms. The average Bonchev–Trinajstić information content (AvgIpc) is 3.21. The molecule has 2 heterocycles. The van der Waals surface area contributed by atoms with Gasteiger partial charge in [-0.3, -0.25) is 0 Å². The Bertz CT molecular complexity index is 688. The summed E-state index contributed by atoms with van der Waals surface area (Å²) in [5, 5.41) is 10.2. The molecule has 0 spiro atoms. The molecule has 1 aliphatic carbocycles. The molecule has 2 unspecified atom stereocenters. The van der Waals surface area contributed by atoms with Gasteiger partial charge in [-0.25, -0.2) is 9.78 Å². The van der Waals surface area contributed by atoms with Crippen LogP contribution in [-0.2, 0) is 4.74 Å². The van der Waals surface area contributed by atoms with Gasteiger partial charge in [0, 0.05) is 24.4 Å². The number of fused-ring (bicyclic) bond motifs is 1. The number of aromatic carboxylic acids is 1. The molecule has 112 valence electrons. The summed E-state index contributed by atoms with van der Waals surface area (Å²) in [6.45, 7) is 3.93. The number of nitrogens with zero attached hydrogens (tertiary/aromatic N) is 2. The lowest BCUT2D eigenvalue weighted by Crippen LogP contribution is -2.26. The second-order valence-corrected chi connectivity index (χ2v) is 5.79. The number of methoxy groups -OCH3 is 1. The van der Waals surface area contributed by atoms with Gasteiger partial charge in [-0.15, -0.1) is 0 Å². The van der Waals surface area contributed by atoms with Gasteiger partial charge in [-0.05, 0) is 44.7 Å². The zero-order valence-electron chi connectivity index (χ0n) is 12.5. The van der Waals surface area contributed by atoms with Crippen molar-refractivity contribution in [3.05, 3.63) is 29.6 Å². The van der Waals surface area contributed by atoms with Gasteiger partial charge < -0.3 is 14.4 Å². The van der Waals surface area contributed by atoms with E-state index in [-0.39, 0.29) is 12.1 Å². The molecule has 1 saturated carbocycles. The fourth-order valence-electron chi connectivity index (χ4n) is 3.38. The van der Waals surface area contributed by atoms with E-state index in [0.29, 0.717) is 16.9 Å². The third kappa shape index (κ3) is 2.21. The lowest BCUT2D eigenvalue weighted by molar-refractivity contribution is 0.0459. The Morgan fingerprint density at radius 3 is 2.81 bits per heavy atom. The number of carboxylic acid groups (broad SMARTS) is 1. The topological polar surface area (TPSA) is 64.3 Å². The van der Waals surface area contributed by atoms with Crippen LogP contribution in [0.4, 0.5) is 0 Å². The summed E-state index contributed by atoms with van der Waals surface area (Å²) < 4.78 is 7.69. The van der Waals surface area contributed by atoms with Gasteiger partial charge in [0.1, 0.15) is 5.65 Å². The van der Waals surface area contributed by atoms with Crippen LogP contribution in [-0.4, -0.2) is 33.8 Å². The highest BCUT2D eigenvalue weighted by Crippen LogP contribution is 2.40. The number of aromatic nitrogens is 2. The molecule has 5 nitrogen and oxygen atoms in total. The number of carbonyl (C=O) groups is 1. The highest BCUT2D eigenvalue weighted by Gasteiger charge is 2.37. The molecular formula is C16H20N2O3. The second-order valence-electron chi connectivity index (χ2n) is 5.79. The molecule has 0 aliphatic heterocycles. The van der Waals surface area contributed by atoms with Crippen LogP contribution in [0.2, 0.25) is 0 Å². The molecule has 2 aromatic rings. The predicted octanol–water partition coefficient (Wildman–Crippen LogP) is 3.03. The summed E-state index contributed by atoms with van der Waals surface area (Å²) in [6, 6.07) is 3.66. The van der Waals surface area contributed by atoms with Crippen molar-refractivity contribution in [3.8, 4) is 0 Å². The molecule has 0 saturated heterocycles. The molecule has 1 aliphatic rings. The monoisotopic (exact) mass is 288 g/mol. The first-order chi connectivity index (χ1) is 10.1. The minimum absolute atomic E-state index is 0.0630. The maximum Gasteiger partial charge on any atom is 0.338 e. The van der Waals surface area contributed by atoms with Crippen molar-refractivity contribution in [2.45, 2.75) is 38.8 Å². The highest BCUT2D eigenvalue weighted by atomic mass is 16.5. The minimum Gasteiger partial charge on any atom is -0.478 e. The van der Waals surface area contributed by atoms with Gasteiger partial charge in [-0.2, -0.15) is 0 Å². The van der Waals surface area contributed by atoms with Crippen LogP contribution >= 0.6 is 0 Å². The van der Waals surface area contributed by atoms with E-state index >= 15 is 0 Å². The maximum absolute atomic E-state index is 11.6. The van der Waals surface area contributed by atoms with Crippen molar-refractivity contribution in [1.29, 1.82) is 0 Å². The van der Waals surface area contributed by atoms with E-state index in [0.717, 1.165) is 11.3 Å². The summed E-state index contributed by atoms with van der Waals surface area (Å²) in [6.07, 6.45) is 4.17. The summed E-state index contributed by atoms with van der Waals surface area (Å²) in [7, 11) is 1.73. The van der Waals surface area contributed by atoms with E-state index in [1.54, 1.807) is 19.4 Å². The van der Waals surface area contributed by atoms with Gasteiger partial charge in [0.25, 0.3) is 0 Å². The van der Waals surface area contributed by atoms with E-state index in [1.807, 2.05) is 17.6 Å². The average molecular weight is 288 g/mol. The molecule has 21 heavy (non-hydrogen) atoms. The Balaban J connectivity index is 2.17. The third-order valence-electron chi connectivity index (χ3n) is 4.46. The second kappa shape index (κ2) is 5.15. The number of rotatable bonds is 5. The number of ether oxygens (including phenoxy) is 1.